The number of hydrogen-bond donors (Lipinski definition) is 2. The molecule has 1 amide bonds. The van der Waals surface area contributed by atoms with Gasteiger partial charge in [0.2, 0.25) is 5.91 Å². The van der Waals surface area contributed by atoms with Crippen molar-refractivity contribution < 1.29 is 4.79 Å². The number of carbonyl (C=O) groups excluding carboxylic acids is 1. The van der Waals surface area contributed by atoms with E-state index in [2.05, 4.69) is 64.8 Å². The van der Waals surface area contributed by atoms with Gasteiger partial charge in [0.1, 0.15) is 0 Å². The van der Waals surface area contributed by atoms with E-state index in [4.69, 9.17) is 0 Å². The third-order valence-electron chi connectivity index (χ3n) is 4.54. The summed E-state index contributed by atoms with van der Waals surface area (Å²) in [6.45, 7) is 5.90. The lowest BCUT2D eigenvalue weighted by molar-refractivity contribution is -0.115. The number of fused-ring (bicyclic) bond motifs is 1. The van der Waals surface area contributed by atoms with Gasteiger partial charge in [-0.05, 0) is 42.3 Å². The maximum Gasteiger partial charge on any atom is 0.243 e. The fraction of sp³-hybridized carbons (Fsp3) is 0.292. The predicted octanol–water partition coefficient (Wildman–Crippen LogP) is 4.63. The molecule has 3 rings (SSSR count). The van der Waals surface area contributed by atoms with Crippen molar-refractivity contribution in [3.63, 3.8) is 0 Å². The fourth-order valence-electron chi connectivity index (χ4n) is 3.03. The van der Waals surface area contributed by atoms with Gasteiger partial charge in [0.15, 0.2) is 0 Å². The molecule has 4 heteroatoms. The van der Waals surface area contributed by atoms with E-state index >= 15 is 0 Å². The quantitative estimate of drug-likeness (QED) is 0.590. The number of aromatic amines is 1. The molecule has 0 fully saturated rings. The Labute approximate surface area is 168 Å². The second kappa shape index (κ2) is 11.1. The van der Waals surface area contributed by atoms with Gasteiger partial charge in [0, 0.05) is 43.3 Å². The van der Waals surface area contributed by atoms with Crippen molar-refractivity contribution in [2.24, 2.45) is 0 Å². The molecule has 1 aromatic heterocycles. The van der Waals surface area contributed by atoms with Crippen molar-refractivity contribution in [3.05, 3.63) is 77.5 Å². The molecule has 0 saturated heterocycles. The van der Waals surface area contributed by atoms with Gasteiger partial charge in [-0.15, -0.1) is 0 Å². The number of para-hydroxylation sites is 1. The zero-order valence-electron chi connectivity index (χ0n) is 17.3. The molecule has 2 aromatic carbocycles. The highest BCUT2D eigenvalue weighted by atomic mass is 16.1. The summed E-state index contributed by atoms with van der Waals surface area (Å²) in [5.41, 5.74) is 4.86. The summed E-state index contributed by atoms with van der Waals surface area (Å²) in [5, 5.41) is 3.89. The summed E-state index contributed by atoms with van der Waals surface area (Å²) in [4.78, 5) is 16.9. The SMILES string of the molecule is CC.CNC(=O)/C=C/c1ccc(CN(C)CCc2c[nH]c3ccccc23)cc1. The van der Waals surface area contributed by atoms with Crippen LogP contribution >= 0.6 is 0 Å². The van der Waals surface area contributed by atoms with Crippen LogP contribution in [0, 0.1) is 0 Å². The van der Waals surface area contributed by atoms with Gasteiger partial charge in [-0.25, -0.2) is 0 Å². The van der Waals surface area contributed by atoms with E-state index in [0.717, 1.165) is 25.1 Å². The lowest BCUT2D eigenvalue weighted by atomic mass is 10.1. The fourth-order valence-corrected chi connectivity index (χ4v) is 3.03. The van der Waals surface area contributed by atoms with Crippen LogP contribution in [0.1, 0.15) is 30.5 Å². The molecule has 0 aliphatic heterocycles. The molecule has 2 N–H and O–H groups in total. The molecule has 0 atom stereocenters. The Hall–Kier alpha value is -2.85. The van der Waals surface area contributed by atoms with Crippen molar-refractivity contribution in [3.8, 4) is 0 Å². The molecule has 0 saturated carbocycles. The highest BCUT2D eigenvalue weighted by molar-refractivity contribution is 5.91. The second-order valence-corrected chi connectivity index (χ2v) is 6.54. The lowest BCUT2D eigenvalue weighted by Crippen LogP contribution is -2.20. The molecular weight excluding hydrogens is 346 g/mol. The Balaban J connectivity index is 0.00000136. The number of aromatic nitrogens is 1. The van der Waals surface area contributed by atoms with Crippen LogP contribution in [-0.2, 0) is 17.8 Å². The van der Waals surface area contributed by atoms with E-state index in [0.29, 0.717) is 0 Å². The van der Waals surface area contributed by atoms with Gasteiger partial charge < -0.3 is 15.2 Å². The van der Waals surface area contributed by atoms with Crippen LogP contribution in [-0.4, -0.2) is 36.4 Å². The molecule has 0 unspecified atom stereocenters. The molecule has 0 radical (unpaired) electrons. The van der Waals surface area contributed by atoms with Gasteiger partial charge in [-0.3, -0.25) is 4.79 Å². The highest BCUT2D eigenvalue weighted by Gasteiger charge is 2.05. The maximum atomic E-state index is 11.2. The smallest absolute Gasteiger partial charge is 0.243 e. The van der Waals surface area contributed by atoms with Crippen LogP contribution in [0.2, 0.25) is 0 Å². The number of carbonyl (C=O) groups is 1. The number of nitrogens with zero attached hydrogens (tertiary/aromatic N) is 1. The highest BCUT2D eigenvalue weighted by Crippen LogP contribution is 2.18. The predicted molar refractivity (Wildman–Crippen MR) is 119 cm³/mol. The summed E-state index contributed by atoms with van der Waals surface area (Å²) in [7, 11) is 3.77. The van der Waals surface area contributed by atoms with Crippen molar-refractivity contribution >= 4 is 22.9 Å². The van der Waals surface area contributed by atoms with Crippen LogP contribution in [0.15, 0.2) is 60.8 Å². The Morgan fingerprint density at radius 2 is 1.82 bits per heavy atom. The standard InChI is InChI=1S/C22H25N3O.C2H6/c1-23-22(26)12-11-17-7-9-18(10-8-17)16-25(2)14-13-19-15-24-21-6-4-3-5-20(19)21;1-2/h3-12,15,24H,13-14,16H2,1-2H3,(H,23,26);1-2H3/b12-11+;. The molecule has 148 valence electrons. The summed E-state index contributed by atoms with van der Waals surface area (Å²) < 4.78 is 0. The van der Waals surface area contributed by atoms with E-state index in [1.807, 2.05) is 32.1 Å². The number of H-pyrrole nitrogens is 1. The molecule has 3 aromatic rings. The number of amides is 1. The molecule has 0 bridgehead atoms. The topological polar surface area (TPSA) is 48.1 Å². The summed E-state index contributed by atoms with van der Waals surface area (Å²) >= 11 is 0. The zero-order valence-corrected chi connectivity index (χ0v) is 17.3. The Kier molecular flexibility index (Phi) is 8.50. The van der Waals surface area contributed by atoms with E-state index in [1.54, 1.807) is 13.1 Å². The van der Waals surface area contributed by atoms with Crippen LogP contribution in [0.5, 0.6) is 0 Å². The summed E-state index contributed by atoms with van der Waals surface area (Å²) in [5.74, 6) is -0.0916. The second-order valence-electron chi connectivity index (χ2n) is 6.54. The Bertz CT molecular complexity index is 894. The van der Waals surface area contributed by atoms with Crippen LogP contribution < -0.4 is 5.32 Å². The van der Waals surface area contributed by atoms with Gasteiger partial charge in [0.25, 0.3) is 0 Å². The molecule has 0 aliphatic carbocycles. The van der Waals surface area contributed by atoms with Crippen LogP contribution in [0.25, 0.3) is 17.0 Å². The molecule has 4 nitrogen and oxygen atoms in total. The van der Waals surface area contributed by atoms with Gasteiger partial charge in [-0.1, -0.05) is 56.3 Å². The molecule has 0 aliphatic rings. The first-order valence-corrected chi connectivity index (χ1v) is 9.88. The first kappa shape index (κ1) is 21.5. The zero-order chi connectivity index (χ0) is 20.4. The van der Waals surface area contributed by atoms with Crippen LogP contribution in [0.3, 0.4) is 0 Å². The molecular formula is C24H31N3O. The van der Waals surface area contributed by atoms with Gasteiger partial charge in [0.05, 0.1) is 0 Å². The Morgan fingerprint density at radius 1 is 1.11 bits per heavy atom. The van der Waals surface area contributed by atoms with Crippen molar-refractivity contribution in [2.75, 3.05) is 20.6 Å². The maximum absolute atomic E-state index is 11.2. The van der Waals surface area contributed by atoms with Gasteiger partial charge >= 0.3 is 0 Å². The number of likely N-dealkylation sites (N-methyl/N-ethyl adjacent to an activating group) is 2. The third-order valence-corrected chi connectivity index (χ3v) is 4.54. The average Bonchev–Trinajstić information content (AvgIpc) is 3.16. The molecule has 1 heterocycles. The Morgan fingerprint density at radius 3 is 2.54 bits per heavy atom. The van der Waals surface area contributed by atoms with E-state index in [-0.39, 0.29) is 5.91 Å². The number of nitrogens with one attached hydrogen (secondary N) is 2. The van der Waals surface area contributed by atoms with E-state index in [1.165, 1.54) is 22.0 Å². The largest absolute Gasteiger partial charge is 0.361 e. The number of hydrogen-bond acceptors (Lipinski definition) is 2. The number of benzene rings is 2. The van der Waals surface area contributed by atoms with Crippen molar-refractivity contribution in [2.45, 2.75) is 26.8 Å². The van der Waals surface area contributed by atoms with Gasteiger partial charge in [-0.2, -0.15) is 0 Å². The minimum Gasteiger partial charge on any atom is -0.361 e. The lowest BCUT2D eigenvalue weighted by Gasteiger charge is -2.16. The molecule has 0 spiro atoms. The number of rotatable bonds is 7. The summed E-state index contributed by atoms with van der Waals surface area (Å²) in [6.07, 6.45) is 6.51. The minimum absolute atomic E-state index is 0.0916. The third kappa shape index (κ3) is 6.10. The normalized spacial score (nSPS) is 10.9. The van der Waals surface area contributed by atoms with Crippen LogP contribution in [0.4, 0.5) is 0 Å². The van der Waals surface area contributed by atoms with E-state index < -0.39 is 0 Å². The van der Waals surface area contributed by atoms with Crippen molar-refractivity contribution in [1.82, 2.24) is 15.2 Å². The molecule has 28 heavy (non-hydrogen) atoms. The monoisotopic (exact) mass is 377 g/mol. The first-order valence-electron chi connectivity index (χ1n) is 9.88. The summed E-state index contributed by atoms with van der Waals surface area (Å²) in [6, 6.07) is 16.8. The van der Waals surface area contributed by atoms with E-state index in [9.17, 15) is 4.79 Å². The first-order chi connectivity index (χ1) is 13.7. The van der Waals surface area contributed by atoms with Crippen molar-refractivity contribution in [1.29, 1.82) is 0 Å². The minimum atomic E-state index is -0.0916. The average molecular weight is 378 g/mol.